The third-order valence-corrected chi connectivity index (χ3v) is 6.24. The maximum absolute atomic E-state index is 12.8. The zero-order valence-corrected chi connectivity index (χ0v) is 22.1. The van der Waals surface area contributed by atoms with Crippen molar-refractivity contribution in [3.05, 3.63) is 95.9 Å². The number of carbonyl (C=O) groups excluding carboxylic acids is 1. The van der Waals surface area contributed by atoms with Crippen molar-refractivity contribution in [1.82, 2.24) is 9.88 Å². The summed E-state index contributed by atoms with van der Waals surface area (Å²) < 4.78 is 22.9. The number of carboxylic acid groups (broad SMARTS) is 1. The van der Waals surface area contributed by atoms with Crippen molar-refractivity contribution < 1.29 is 33.3 Å². The maximum atomic E-state index is 12.8. The van der Waals surface area contributed by atoms with E-state index in [0.717, 1.165) is 40.3 Å². The van der Waals surface area contributed by atoms with E-state index in [1.165, 1.54) is 0 Å². The van der Waals surface area contributed by atoms with Crippen molar-refractivity contribution in [3.63, 3.8) is 0 Å². The molecule has 1 aliphatic rings. The fourth-order valence-electron chi connectivity index (χ4n) is 4.04. The van der Waals surface area contributed by atoms with E-state index in [1.807, 2.05) is 37.3 Å². The topological polar surface area (TPSA) is 111 Å². The number of ether oxygens (including phenoxy) is 3. The number of carbonyl (C=O) groups is 2. The lowest BCUT2D eigenvalue weighted by molar-refractivity contribution is -0.138. The van der Waals surface area contributed by atoms with Gasteiger partial charge in [-0.3, -0.25) is 9.69 Å². The highest BCUT2D eigenvalue weighted by atomic mass is 16.6. The van der Waals surface area contributed by atoms with Gasteiger partial charge in [-0.15, -0.1) is 0 Å². The van der Waals surface area contributed by atoms with Crippen LogP contribution in [0.2, 0.25) is 0 Å². The summed E-state index contributed by atoms with van der Waals surface area (Å²) in [4.78, 5) is 30.0. The van der Waals surface area contributed by atoms with Crippen molar-refractivity contribution in [2.75, 3.05) is 13.2 Å². The predicted molar refractivity (Wildman–Crippen MR) is 153 cm³/mol. The summed E-state index contributed by atoms with van der Waals surface area (Å²) in [6.45, 7) is 1.85. The lowest BCUT2D eigenvalue weighted by Crippen LogP contribution is -2.37. The standard InChI is InChI=1S/C31H30N2O7.CH4/c1-21-28(32-30(38-21)23-6-3-2-4-7-23)16-17-37-24-12-10-22(11-13-24)19-33(20-29(34)35)31(36)40-27-9-5-8-26(18-27)39-25-14-15-25;/h2-13,18,25H,14-17,19-20H2,1H3,(H,34,35);1H4. The van der Waals surface area contributed by atoms with Crippen LogP contribution in [-0.2, 0) is 17.8 Å². The Balaban J connectivity index is 0.00000387. The van der Waals surface area contributed by atoms with Crippen LogP contribution in [0.15, 0.2) is 83.3 Å². The molecule has 41 heavy (non-hydrogen) atoms. The number of nitrogens with zero attached hydrogens (tertiary/aromatic N) is 2. The Morgan fingerprint density at radius 2 is 1.71 bits per heavy atom. The third kappa shape index (κ3) is 8.35. The molecule has 1 fully saturated rings. The molecular formula is C32H34N2O7. The number of hydrogen-bond donors (Lipinski definition) is 1. The first-order valence-corrected chi connectivity index (χ1v) is 13.1. The number of amides is 1. The van der Waals surface area contributed by atoms with Crippen LogP contribution in [0.25, 0.3) is 11.5 Å². The van der Waals surface area contributed by atoms with Gasteiger partial charge in [0, 0.05) is 24.6 Å². The summed E-state index contributed by atoms with van der Waals surface area (Å²) in [6, 6.07) is 23.6. The zero-order valence-electron chi connectivity index (χ0n) is 22.1. The van der Waals surface area contributed by atoms with Crippen molar-refractivity contribution >= 4 is 12.1 Å². The van der Waals surface area contributed by atoms with Gasteiger partial charge in [0.2, 0.25) is 5.89 Å². The van der Waals surface area contributed by atoms with Crippen LogP contribution in [0, 0.1) is 6.92 Å². The molecule has 0 bridgehead atoms. The van der Waals surface area contributed by atoms with Crippen LogP contribution >= 0.6 is 0 Å². The number of oxazole rings is 1. The fraction of sp³-hybridized carbons (Fsp3) is 0.281. The summed E-state index contributed by atoms with van der Waals surface area (Å²) in [5.74, 6) is 1.75. The molecule has 0 saturated heterocycles. The molecule has 9 nitrogen and oxygen atoms in total. The summed E-state index contributed by atoms with van der Waals surface area (Å²) in [5.41, 5.74) is 2.49. The molecule has 9 heteroatoms. The van der Waals surface area contributed by atoms with Gasteiger partial charge < -0.3 is 23.7 Å². The Hall–Kier alpha value is -4.79. The van der Waals surface area contributed by atoms with Gasteiger partial charge in [0.05, 0.1) is 18.4 Å². The Kier molecular flexibility index (Phi) is 9.63. The van der Waals surface area contributed by atoms with Gasteiger partial charge in [0.25, 0.3) is 0 Å². The van der Waals surface area contributed by atoms with Gasteiger partial charge in [0.15, 0.2) is 0 Å². The molecule has 0 spiro atoms. The quantitative estimate of drug-likeness (QED) is 0.209. The van der Waals surface area contributed by atoms with Crippen molar-refractivity contribution in [3.8, 4) is 28.7 Å². The molecule has 1 saturated carbocycles. The number of carboxylic acids is 1. The monoisotopic (exact) mass is 558 g/mol. The number of aliphatic carboxylic acids is 1. The summed E-state index contributed by atoms with van der Waals surface area (Å²) in [6.07, 6.45) is 2.05. The molecule has 1 aromatic heterocycles. The second-order valence-corrected chi connectivity index (χ2v) is 9.54. The van der Waals surface area contributed by atoms with Gasteiger partial charge in [-0.2, -0.15) is 0 Å². The van der Waals surface area contributed by atoms with Gasteiger partial charge in [-0.05, 0) is 61.7 Å². The molecule has 0 atom stereocenters. The van der Waals surface area contributed by atoms with E-state index in [2.05, 4.69) is 4.98 Å². The van der Waals surface area contributed by atoms with Gasteiger partial charge in [-0.25, -0.2) is 9.78 Å². The van der Waals surface area contributed by atoms with Crippen molar-refractivity contribution in [1.29, 1.82) is 0 Å². The minimum Gasteiger partial charge on any atom is -0.493 e. The lowest BCUT2D eigenvalue weighted by Gasteiger charge is -2.20. The first kappa shape index (κ1) is 29.2. The predicted octanol–water partition coefficient (Wildman–Crippen LogP) is 6.53. The summed E-state index contributed by atoms with van der Waals surface area (Å²) >= 11 is 0. The first-order valence-electron chi connectivity index (χ1n) is 13.1. The fourth-order valence-corrected chi connectivity index (χ4v) is 4.04. The number of aromatic nitrogens is 1. The molecule has 0 radical (unpaired) electrons. The smallest absolute Gasteiger partial charge is 0.416 e. The molecule has 1 aliphatic carbocycles. The van der Waals surface area contributed by atoms with Crippen LogP contribution in [0.3, 0.4) is 0 Å². The van der Waals surface area contributed by atoms with Crippen LogP contribution in [0.1, 0.15) is 37.3 Å². The van der Waals surface area contributed by atoms with E-state index < -0.39 is 18.6 Å². The van der Waals surface area contributed by atoms with Crippen LogP contribution < -0.4 is 14.2 Å². The largest absolute Gasteiger partial charge is 0.493 e. The molecule has 5 rings (SSSR count). The minimum absolute atomic E-state index is 0. The number of benzene rings is 3. The summed E-state index contributed by atoms with van der Waals surface area (Å²) in [7, 11) is 0. The lowest BCUT2D eigenvalue weighted by atomic mass is 10.2. The average molecular weight is 559 g/mol. The first-order chi connectivity index (χ1) is 19.4. The molecule has 3 aromatic carbocycles. The second kappa shape index (κ2) is 13.5. The molecule has 214 valence electrons. The molecule has 4 aromatic rings. The molecule has 1 amide bonds. The van der Waals surface area contributed by atoms with E-state index in [1.54, 1.807) is 48.5 Å². The van der Waals surface area contributed by atoms with E-state index in [0.29, 0.717) is 36.2 Å². The molecule has 0 aliphatic heterocycles. The van der Waals surface area contributed by atoms with E-state index in [-0.39, 0.29) is 20.1 Å². The highest BCUT2D eigenvalue weighted by Crippen LogP contribution is 2.29. The highest BCUT2D eigenvalue weighted by molar-refractivity contribution is 5.78. The number of rotatable bonds is 12. The minimum atomic E-state index is -1.14. The molecule has 1 heterocycles. The van der Waals surface area contributed by atoms with Gasteiger partial charge in [-0.1, -0.05) is 43.8 Å². The highest BCUT2D eigenvalue weighted by Gasteiger charge is 2.24. The summed E-state index contributed by atoms with van der Waals surface area (Å²) in [5, 5.41) is 9.35. The molecule has 1 N–H and O–H groups in total. The average Bonchev–Trinajstić information content (AvgIpc) is 3.69. The SMILES string of the molecule is C.Cc1oc(-c2ccccc2)nc1CCOc1ccc(CN(CC(=O)O)C(=O)Oc2cccc(OC3CC3)c2)cc1. The Bertz CT molecular complexity index is 1450. The van der Waals surface area contributed by atoms with Crippen LogP contribution in [0.4, 0.5) is 4.79 Å². The number of aryl methyl sites for hydroxylation is 1. The molecular weight excluding hydrogens is 524 g/mol. The Labute approximate surface area is 239 Å². The maximum Gasteiger partial charge on any atom is 0.416 e. The van der Waals surface area contributed by atoms with E-state index in [4.69, 9.17) is 18.6 Å². The number of hydrogen-bond acceptors (Lipinski definition) is 7. The van der Waals surface area contributed by atoms with E-state index in [9.17, 15) is 14.7 Å². The van der Waals surface area contributed by atoms with Crippen molar-refractivity contribution in [2.45, 2.75) is 46.3 Å². The molecule has 0 unspecified atom stereocenters. The van der Waals surface area contributed by atoms with Gasteiger partial charge >= 0.3 is 12.1 Å². The Morgan fingerprint density at radius 3 is 2.41 bits per heavy atom. The normalized spacial score (nSPS) is 12.2. The third-order valence-electron chi connectivity index (χ3n) is 6.24. The van der Waals surface area contributed by atoms with Crippen LogP contribution in [-0.4, -0.2) is 46.3 Å². The van der Waals surface area contributed by atoms with Gasteiger partial charge in [0.1, 0.15) is 29.6 Å². The van der Waals surface area contributed by atoms with Crippen LogP contribution in [0.5, 0.6) is 17.2 Å². The van der Waals surface area contributed by atoms with Crippen molar-refractivity contribution in [2.24, 2.45) is 0 Å². The van der Waals surface area contributed by atoms with E-state index >= 15 is 0 Å². The Morgan fingerprint density at radius 1 is 0.976 bits per heavy atom. The second-order valence-electron chi connectivity index (χ2n) is 9.54. The zero-order chi connectivity index (χ0) is 27.9.